The van der Waals surface area contributed by atoms with Crippen molar-refractivity contribution in [3.63, 3.8) is 0 Å². The van der Waals surface area contributed by atoms with E-state index >= 15 is 0 Å². The molecule has 1 aliphatic heterocycles. The average molecular weight is 316 g/mol. The lowest BCUT2D eigenvalue weighted by atomic mass is 10.1. The van der Waals surface area contributed by atoms with Crippen molar-refractivity contribution in [1.82, 2.24) is 15.2 Å². The highest BCUT2D eigenvalue weighted by atomic mass is 32.1. The number of piperazine rings is 1. The average Bonchev–Trinajstić information content (AvgIpc) is 2.98. The molecule has 1 aliphatic rings. The number of carbonyl (C=O) groups excluding carboxylic acids is 1. The minimum absolute atomic E-state index is 0.404. The van der Waals surface area contributed by atoms with Gasteiger partial charge in [-0.25, -0.2) is 4.98 Å². The summed E-state index contributed by atoms with van der Waals surface area (Å²) in [4.78, 5) is 18.3. The largest absolute Gasteiger partial charge is 0.366 e. The third-order valence-corrected chi connectivity index (χ3v) is 4.91. The van der Waals surface area contributed by atoms with Crippen LogP contribution in [-0.4, -0.2) is 41.5 Å². The molecular weight excluding hydrogens is 296 g/mol. The van der Waals surface area contributed by atoms with E-state index in [2.05, 4.69) is 22.5 Å². The van der Waals surface area contributed by atoms with E-state index in [1.54, 1.807) is 23.5 Å². The summed E-state index contributed by atoms with van der Waals surface area (Å²) in [5, 5.41) is 6.50. The summed E-state index contributed by atoms with van der Waals surface area (Å²) < 4.78 is 0. The van der Waals surface area contributed by atoms with Gasteiger partial charge in [0.05, 0.1) is 5.69 Å². The molecule has 1 aromatic carbocycles. The van der Waals surface area contributed by atoms with Crippen LogP contribution in [0, 0.1) is 0 Å². The van der Waals surface area contributed by atoms with Crippen molar-refractivity contribution in [3.8, 4) is 10.6 Å². The maximum absolute atomic E-state index is 11.1. The zero-order valence-electron chi connectivity index (χ0n) is 12.6. The molecule has 22 heavy (non-hydrogen) atoms. The van der Waals surface area contributed by atoms with Crippen LogP contribution in [0.25, 0.3) is 10.6 Å². The fourth-order valence-electron chi connectivity index (χ4n) is 2.62. The first-order valence-corrected chi connectivity index (χ1v) is 8.31. The Balaban J connectivity index is 1.71. The van der Waals surface area contributed by atoms with Gasteiger partial charge in [0, 0.05) is 48.7 Å². The standard InChI is InChI=1S/C16H20N4OS/c1-11-8-18-6-7-20(11)9-14-10-22-16(19-14)13-4-2-12(3-5-13)15(17)21/h2-5,10-11,18H,6-9H2,1H3,(H2,17,21)/t11-/m0/s1. The molecule has 0 unspecified atom stereocenters. The minimum atomic E-state index is -0.404. The number of amides is 1. The molecule has 116 valence electrons. The smallest absolute Gasteiger partial charge is 0.248 e. The summed E-state index contributed by atoms with van der Waals surface area (Å²) in [7, 11) is 0. The summed E-state index contributed by atoms with van der Waals surface area (Å²) in [5.41, 5.74) is 7.91. The zero-order valence-corrected chi connectivity index (χ0v) is 13.4. The molecule has 0 aliphatic carbocycles. The van der Waals surface area contributed by atoms with Gasteiger partial charge >= 0.3 is 0 Å². The van der Waals surface area contributed by atoms with Crippen LogP contribution in [0.1, 0.15) is 23.0 Å². The Morgan fingerprint density at radius 2 is 2.23 bits per heavy atom. The van der Waals surface area contributed by atoms with Crippen molar-refractivity contribution in [2.24, 2.45) is 5.73 Å². The second-order valence-corrected chi connectivity index (χ2v) is 6.47. The van der Waals surface area contributed by atoms with Gasteiger partial charge in [0.15, 0.2) is 0 Å². The molecule has 1 saturated heterocycles. The summed E-state index contributed by atoms with van der Waals surface area (Å²) in [5.74, 6) is -0.404. The molecule has 1 atom stereocenters. The molecule has 0 radical (unpaired) electrons. The molecule has 2 aromatic rings. The first-order chi connectivity index (χ1) is 10.6. The zero-order chi connectivity index (χ0) is 15.5. The number of nitrogens with one attached hydrogen (secondary N) is 1. The second kappa shape index (κ2) is 6.56. The quantitative estimate of drug-likeness (QED) is 0.901. The number of aromatic nitrogens is 1. The van der Waals surface area contributed by atoms with Crippen LogP contribution in [0.5, 0.6) is 0 Å². The van der Waals surface area contributed by atoms with Crippen molar-refractivity contribution in [1.29, 1.82) is 0 Å². The van der Waals surface area contributed by atoms with Gasteiger partial charge in [0.2, 0.25) is 5.91 Å². The van der Waals surface area contributed by atoms with E-state index in [1.165, 1.54) is 0 Å². The van der Waals surface area contributed by atoms with Gasteiger partial charge in [-0.1, -0.05) is 12.1 Å². The van der Waals surface area contributed by atoms with Crippen molar-refractivity contribution in [2.75, 3.05) is 19.6 Å². The van der Waals surface area contributed by atoms with Crippen molar-refractivity contribution in [2.45, 2.75) is 19.5 Å². The number of primary amides is 1. The predicted molar refractivity (Wildman–Crippen MR) is 88.8 cm³/mol. The molecule has 1 aromatic heterocycles. The Morgan fingerprint density at radius 1 is 1.45 bits per heavy atom. The van der Waals surface area contributed by atoms with E-state index in [1.807, 2.05) is 12.1 Å². The maximum Gasteiger partial charge on any atom is 0.248 e. The third-order valence-electron chi connectivity index (χ3n) is 3.97. The van der Waals surface area contributed by atoms with E-state index < -0.39 is 5.91 Å². The highest BCUT2D eigenvalue weighted by Gasteiger charge is 2.19. The lowest BCUT2D eigenvalue weighted by molar-refractivity contribution is 0.100. The molecule has 5 nitrogen and oxygen atoms in total. The lowest BCUT2D eigenvalue weighted by Gasteiger charge is -2.33. The fraction of sp³-hybridized carbons (Fsp3) is 0.375. The molecule has 1 fully saturated rings. The maximum atomic E-state index is 11.1. The number of nitrogens with zero attached hydrogens (tertiary/aromatic N) is 2. The summed E-state index contributed by atoms with van der Waals surface area (Å²) in [6, 6.07) is 7.83. The van der Waals surface area contributed by atoms with Crippen LogP contribution in [0.3, 0.4) is 0 Å². The van der Waals surface area contributed by atoms with Gasteiger partial charge in [-0.15, -0.1) is 11.3 Å². The Morgan fingerprint density at radius 3 is 2.91 bits per heavy atom. The summed E-state index contributed by atoms with van der Waals surface area (Å²) in [6.45, 7) is 6.25. The molecule has 0 spiro atoms. The predicted octanol–water partition coefficient (Wildman–Crippen LogP) is 1.70. The van der Waals surface area contributed by atoms with Gasteiger partial charge < -0.3 is 11.1 Å². The fourth-order valence-corrected chi connectivity index (χ4v) is 3.43. The topological polar surface area (TPSA) is 71.2 Å². The molecule has 1 amide bonds. The lowest BCUT2D eigenvalue weighted by Crippen LogP contribution is -2.49. The SMILES string of the molecule is C[C@H]1CNCCN1Cc1csc(-c2ccc(C(N)=O)cc2)n1. The van der Waals surface area contributed by atoms with Gasteiger partial charge in [0.25, 0.3) is 0 Å². The molecule has 0 saturated carbocycles. The summed E-state index contributed by atoms with van der Waals surface area (Å²) >= 11 is 1.64. The third kappa shape index (κ3) is 3.35. The van der Waals surface area contributed by atoms with Crippen LogP contribution in [0.2, 0.25) is 0 Å². The van der Waals surface area contributed by atoms with E-state index in [0.717, 1.165) is 42.4 Å². The van der Waals surface area contributed by atoms with Crippen LogP contribution in [-0.2, 0) is 6.54 Å². The molecule has 2 heterocycles. The highest BCUT2D eigenvalue weighted by molar-refractivity contribution is 7.13. The van der Waals surface area contributed by atoms with Gasteiger partial charge in [-0.2, -0.15) is 0 Å². The molecular formula is C16H20N4OS. The Bertz CT molecular complexity index is 652. The number of nitrogens with two attached hydrogens (primary N) is 1. The molecule has 3 rings (SSSR count). The number of thiazole rings is 1. The van der Waals surface area contributed by atoms with Gasteiger partial charge in [-0.05, 0) is 19.1 Å². The van der Waals surface area contributed by atoms with Crippen LogP contribution >= 0.6 is 11.3 Å². The van der Waals surface area contributed by atoms with E-state index in [0.29, 0.717) is 11.6 Å². The molecule has 0 bridgehead atoms. The monoisotopic (exact) mass is 316 g/mol. The highest BCUT2D eigenvalue weighted by Crippen LogP contribution is 2.25. The van der Waals surface area contributed by atoms with Gasteiger partial charge in [0.1, 0.15) is 5.01 Å². The van der Waals surface area contributed by atoms with Crippen LogP contribution < -0.4 is 11.1 Å². The van der Waals surface area contributed by atoms with Crippen molar-refractivity contribution in [3.05, 3.63) is 40.9 Å². The number of rotatable bonds is 4. The van der Waals surface area contributed by atoms with E-state index in [4.69, 9.17) is 10.7 Å². The Hall–Kier alpha value is -1.76. The van der Waals surface area contributed by atoms with Gasteiger partial charge in [-0.3, -0.25) is 9.69 Å². The first kappa shape index (κ1) is 15.1. The number of benzene rings is 1. The van der Waals surface area contributed by atoms with Crippen LogP contribution in [0.4, 0.5) is 0 Å². The molecule has 3 N–H and O–H groups in total. The summed E-state index contributed by atoms with van der Waals surface area (Å²) in [6.07, 6.45) is 0. The van der Waals surface area contributed by atoms with Crippen molar-refractivity contribution >= 4 is 17.2 Å². The number of hydrogen-bond acceptors (Lipinski definition) is 5. The molecule has 6 heteroatoms. The first-order valence-electron chi connectivity index (χ1n) is 7.43. The second-order valence-electron chi connectivity index (χ2n) is 5.61. The normalized spacial score (nSPS) is 19.2. The van der Waals surface area contributed by atoms with E-state index in [-0.39, 0.29) is 0 Å². The minimum Gasteiger partial charge on any atom is -0.366 e. The Kier molecular flexibility index (Phi) is 4.52. The van der Waals surface area contributed by atoms with Crippen molar-refractivity contribution < 1.29 is 4.79 Å². The Labute approximate surface area is 134 Å². The number of hydrogen-bond donors (Lipinski definition) is 2. The number of carbonyl (C=O) groups is 1. The van der Waals surface area contributed by atoms with Crippen LogP contribution in [0.15, 0.2) is 29.6 Å². The van der Waals surface area contributed by atoms with E-state index in [9.17, 15) is 4.79 Å².